The lowest BCUT2D eigenvalue weighted by atomic mass is 9.92. The highest BCUT2D eigenvalue weighted by Crippen LogP contribution is 2.20. The lowest BCUT2D eigenvalue weighted by molar-refractivity contribution is 0.0677. The Morgan fingerprint density at radius 1 is 1.36 bits per heavy atom. The molecule has 1 heterocycles. The van der Waals surface area contributed by atoms with Gasteiger partial charge in [-0.1, -0.05) is 6.92 Å². The molecule has 0 aromatic heterocycles. The van der Waals surface area contributed by atoms with Crippen molar-refractivity contribution >= 4 is 0 Å². The number of rotatable bonds is 4. The van der Waals surface area contributed by atoms with Crippen LogP contribution in [0.2, 0.25) is 0 Å². The molecule has 0 saturated carbocycles. The van der Waals surface area contributed by atoms with Crippen LogP contribution in [-0.4, -0.2) is 42.3 Å². The maximum absolute atomic E-state index is 9.45. The number of hydrogen-bond acceptors (Lipinski definition) is 3. The highest BCUT2D eigenvalue weighted by Gasteiger charge is 2.22. The standard InChI is InChI=1S/C11H24N2O/c1-9(7-12)8-13-5-3-11(4-6-13)10(2)14/h9-11,14H,3-8,12H2,1-2H3. The summed E-state index contributed by atoms with van der Waals surface area (Å²) in [6.45, 7) is 8.24. The van der Waals surface area contributed by atoms with Crippen molar-refractivity contribution in [2.75, 3.05) is 26.2 Å². The fraction of sp³-hybridized carbons (Fsp3) is 1.00. The van der Waals surface area contributed by atoms with E-state index in [0.29, 0.717) is 11.8 Å². The van der Waals surface area contributed by atoms with Crippen molar-refractivity contribution < 1.29 is 5.11 Å². The minimum absolute atomic E-state index is 0.135. The number of aliphatic hydroxyl groups is 1. The van der Waals surface area contributed by atoms with Crippen molar-refractivity contribution in [2.24, 2.45) is 17.6 Å². The summed E-state index contributed by atoms with van der Waals surface area (Å²) in [6.07, 6.45) is 2.13. The molecule has 1 fully saturated rings. The number of aliphatic hydroxyl groups excluding tert-OH is 1. The molecule has 3 heteroatoms. The van der Waals surface area contributed by atoms with Crippen LogP contribution in [0, 0.1) is 11.8 Å². The van der Waals surface area contributed by atoms with Crippen LogP contribution in [0.5, 0.6) is 0 Å². The summed E-state index contributed by atoms with van der Waals surface area (Å²) >= 11 is 0. The minimum atomic E-state index is -0.135. The van der Waals surface area contributed by atoms with Gasteiger partial charge in [0.05, 0.1) is 6.10 Å². The number of likely N-dealkylation sites (tertiary alicyclic amines) is 1. The SMILES string of the molecule is CC(CN)CN1CCC(C(C)O)CC1. The van der Waals surface area contributed by atoms with Crippen LogP contribution < -0.4 is 5.73 Å². The Labute approximate surface area is 87.3 Å². The topological polar surface area (TPSA) is 49.5 Å². The van der Waals surface area contributed by atoms with Gasteiger partial charge in [-0.15, -0.1) is 0 Å². The average molecular weight is 200 g/mol. The molecule has 1 saturated heterocycles. The van der Waals surface area contributed by atoms with Crippen molar-refractivity contribution in [3.63, 3.8) is 0 Å². The summed E-state index contributed by atoms with van der Waals surface area (Å²) in [7, 11) is 0. The van der Waals surface area contributed by atoms with Gasteiger partial charge in [-0.3, -0.25) is 0 Å². The molecule has 0 amide bonds. The lowest BCUT2D eigenvalue weighted by Gasteiger charge is -2.34. The molecule has 14 heavy (non-hydrogen) atoms. The quantitative estimate of drug-likeness (QED) is 0.701. The molecule has 1 aliphatic rings. The van der Waals surface area contributed by atoms with Crippen LogP contribution in [-0.2, 0) is 0 Å². The van der Waals surface area contributed by atoms with Gasteiger partial charge in [0.15, 0.2) is 0 Å². The zero-order chi connectivity index (χ0) is 10.6. The Balaban J connectivity index is 2.22. The predicted octanol–water partition coefficient (Wildman–Crippen LogP) is 0.674. The van der Waals surface area contributed by atoms with E-state index in [1.54, 1.807) is 0 Å². The average Bonchev–Trinajstić information content (AvgIpc) is 2.18. The highest BCUT2D eigenvalue weighted by atomic mass is 16.3. The van der Waals surface area contributed by atoms with Crippen molar-refractivity contribution in [2.45, 2.75) is 32.8 Å². The van der Waals surface area contributed by atoms with Crippen LogP contribution in [0.1, 0.15) is 26.7 Å². The molecular weight excluding hydrogens is 176 g/mol. The molecule has 1 aliphatic heterocycles. The van der Waals surface area contributed by atoms with Crippen LogP contribution in [0.3, 0.4) is 0 Å². The van der Waals surface area contributed by atoms with E-state index in [2.05, 4.69) is 11.8 Å². The van der Waals surface area contributed by atoms with E-state index in [1.807, 2.05) is 6.92 Å². The van der Waals surface area contributed by atoms with Crippen LogP contribution >= 0.6 is 0 Å². The molecule has 0 radical (unpaired) electrons. The second-order valence-corrected chi connectivity index (χ2v) is 4.72. The Hall–Kier alpha value is -0.120. The van der Waals surface area contributed by atoms with E-state index in [0.717, 1.165) is 39.0 Å². The molecule has 0 spiro atoms. The van der Waals surface area contributed by atoms with Crippen LogP contribution in [0.25, 0.3) is 0 Å². The molecule has 2 unspecified atom stereocenters. The van der Waals surface area contributed by atoms with Gasteiger partial charge in [0, 0.05) is 6.54 Å². The van der Waals surface area contributed by atoms with Gasteiger partial charge in [-0.05, 0) is 51.2 Å². The maximum atomic E-state index is 9.45. The van der Waals surface area contributed by atoms with E-state index < -0.39 is 0 Å². The molecule has 84 valence electrons. The molecule has 0 aromatic carbocycles. The summed E-state index contributed by atoms with van der Waals surface area (Å²) in [6, 6.07) is 0. The Morgan fingerprint density at radius 3 is 2.36 bits per heavy atom. The molecule has 2 atom stereocenters. The largest absolute Gasteiger partial charge is 0.393 e. The van der Waals surface area contributed by atoms with E-state index >= 15 is 0 Å². The molecule has 3 N–H and O–H groups in total. The molecule has 0 bridgehead atoms. The lowest BCUT2D eigenvalue weighted by Crippen LogP contribution is -2.40. The Bertz CT molecular complexity index is 153. The van der Waals surface area contributed by atoms with Gasteiger partial charge >= 0.3 is 0 Å². The monoisotopic (exact) mass is 200 g/mol. The van der Waals surface area contributed by atoms with Crippen molar-refractivity contribution in [1.82, 2.24) is 4.90 Å². The van der Waals surface area contributed by atoms with Crippen molar-refractivity contribution in [1.29, 1.82) is 0 Å². The summed E-state index contributed by atoms with van der Waals surface area (Å²) in [5, 5.41) is 9.45. The maximum Gasteiger partial charge on any atom is 0.0541 e. The predicted molar refractivity (Wildman–Crippen MR) is 59.1 cm³/mol. The summed E-state index contributed by atoms with van der Waals surface area (Å²) in [5.74, 6) is 1.11. The number of nitrogens with two attached hydrogens (primary N) is 1. The van der Waals surface area contributed by atoms with E-state index in [-0.39, 0.29) is 6.10 Å². The summed E-state index contributed by atoms with van der Waals surface area (Å²) in [5.41, 5.74) is 5.60. The van der Waals surface area contributed by atoms with Crippen LogP contribution in [0.4, 0.5) is 0 Å². The fourth-order valence-corrected chi connectivity index (χ4v) is 2.13. The third kappa shape index (κ3) is 3.56. The van der Waals surface area contributed by atoms with Gasteiger partial charge in [0.25, 0.3) is 0 Å². The van der Waals surface area contributed by atoms with Gasteiger partial charge in [-0.25, -0.2) is 0 Å². The van der Waals surface area contributed by atoms with Crippen molar-refractivity contribution in [3.05, 3.63) is 0 Å². The zero-order valence-corrected chi connectivity index (χ0v) is 9.45. The third-order valence-corrected chi connectivity index (χ3v) is 3.29. The first-order valence-electron chi connectivity index (χ1n) is 5.74. The van der Waals surface area contributed by atoms with Crippen LogP contribution in [0.15, 0.2) is 0 Å². The zero-order valence-electron chi connectivity index (χ0n) is 9.45. The number of nitrogens with zero attached hydrogens (tertiary/aromatic N) is 1. The first kappa shape index (κ1) is 12.0. The molecular formula is C11H24N2O. The highest BCUT2D eigenvalue weighted by molar-refractivity contribution is 4.76. The smallest absolute Gasteiger partial charge is 0.0541 e. The number of hydrogen-bond donors (Lipinski definition) is 2. The third-order valence-electron chi connectivity index (χ3n) is 3.29. The van der Waals surface area contributed by atoms with E-state index in [9.17, 15) is 5.11 Å². The van der Waals surface area contributed by atoms with Gasteiger partial charge in [-0.2, -0.15) is 0 Å². The molecule has 1 rings (SSSR count). The Kier molecular flexibility index (Phi) is 4.85. The normalized spacial score (nSPS) is 24.9. The number of piperidine rings is 1. The van der Waals surface area contributed by atoms with Gasteiger partial charge < -0.3 is 15.7 Å². The minimum Gasteiger partial charge on any atom is -0.393 e. The first-order valence-corrected chi connectivity index (χ1v) is 5.74. The molecule has 0 aromatic rings. The van der Waals surface area contributed by atoms with E-state index in [4.69, 9.17) is 5.73 Å². The fourth-order valence-electron chi connectivity index (χ4n) is 2.13. The summed E-state index contributed by atoms with van der Waals surface area (Å²) in [4.78, 5) is 2.47. The van der Waals surface area contributed by atoms with Crippen molar-refractivity contribution in [3.8, 4) is 0 Å². The summed E-state index contributed by atoms with van der Waals surface area (Å²) < 4.78 is 0. The van der Waals surface area contributed by atoms with Gasteiger partial charge in [0.2, 0.25) is 0 Å². The first-order chi connectivity index (χ1) is 6.63. The molecule has 3 nitrogen and oxygen atoms in total. The second kappa shape index (κ2) is 5.69. The van der Waals surface area contributed by atoms with E-state index in [1.165, 1.54) is 0 Å². The molecule has 0 aliphatic carbocycles. The Morgan fingerprint density at radius 2 is 1.93 bits per heavy atom. The second-order valence-electron chi connectivity index (χ2n) is 4.72. The van der Waals surface area contributed by atoms with Gasteiger partial charge in [0.1, 0.15) is 0 Å².